The highest BCUT2D eigenvalue weighted by Crippen LogP contribution is 2.07. The zero-order valence-electron chi connectivity index (χ0n) is 9.85. The van der Waals surface area contributed by atoms with Crippen molar-refractivity contribution in [2.45, 2.75) is 40.0 Å². The van der Waals surface area contributed by atoms with E-state index in [9.17, 15) is 0 Å². The second-order valence-electron chi connectivity index (χ2n) is 2.97. The summed E-state index contributed by atoms with van der Waals surface area (Å²) in [5, 5.41) is 2.75. The number of nitrogens with one attached hydrogen (secondary N) is 1. The predicted octanol–water partition coefficient (Wildman–Crippen LogP) is 3.53. The standard InChI is InChI=1S/C10H18.C2H7N/c1-4-7-9-10(6-3)8-5-2;1-3-2/h5-6,8H,4,7,9H2,1-3H3;3H,1-2H3/b8-5-,10-6+;. The average Bonchev–Trinajstić information content (AvgIpc) is 2.13. The van der Waals surface area contributed by atoms with Crippen LogP contribution < -0.4 is 5.32 Å². The van der Waals surface area contributed by atoms with Crippen LogP contribution in [0.2, 0.25) is 0 Å². The first-order chi connectivity index (χ1) is 6.26. The fourth-order valence-corrected chi connectivity index (χ4v) is 0.919. The van der Waals surface area contributed by atoms with Crippen molar-refractivity contribution >= 4 is 0 Å². The average molecular weight is 183 g/mol. The number of hydrogen-bond donors (Lipinski definition) is 1. The number of unbranched alkanes of at least 4 members (excludes halogenated alkanes) is 1. The van der Waals surface area contributed by atoms with Crippen LogP contribution in [0.15, 0.2) is 23.8 Å². The molecule has 0 atom stereocenters. The van der Waals surface area contributed by atoms with E-state index in [4.69, 9.17) is 0 Å². The van der Waals surface area contributed by atoms with Gasteiger partial charge in [0.1, 0.15) is 0 Å². The van der Waals surface area contributed by atoms with Gasteiger partial charge in [-0.2, -0.15) is 0 Å². The third-order valence-electron chi connectivity index (χ3n) is 1.57. The van der Waals surface area contributed by atoms with Crippen molar-refractivity contribution in [1.29, 1.82) is 0 Å². The Morgan fingerprint density at radius 1 is 1.23 bits per heavy atom. The van der Waals surface area contributed by atoms with Crippen LogP contribution in [0.5, 0.6) is 0 Å². The SMILES string of the molecule is C/C=C\C(=C/C)CCCC.CNC. The molecule has 1 nitrogen and oxygen atoms in total. The highest BCUT2D eigenvalue weighted by atomic mass is 14.7. The predicted molar refractivity (Wildman–Crippen MR) is 63.1 cm³/mol. The van der Waals surface area contributed by atoms with E-state index in [1.165, 1.54) is 24.8 Å². The molecule has 0 aromatic heterocycles. The van der Waals surface area contributed by atoms with Crippen LogP contribution in [0.4, 0.5) is 0 Å². The van der Waals surface area contributed by atoms with Crippen LogP contribution in [0.1, 0.15) is 40.0 Å². The largest absolute Gasteiger partial charge is 0.323 e. The monoisotopic (exact) mass is 183 g/mol. The lowest BCUT2D eigenvalue weighted by Crippen LogP contribution is -1.89. The second kappa shape index (κ2) is 14.0. The van der Waals surface area contributed by atoms with Gasteiger partial charge >= 0.3 is 0 Å². The second-order valence-corrected chi connectivity index (χ2v) is 2.97. The summed E-state index contributed by atoms with van der Waals surface area (Å²) in [7, 11) is 3.75. The van der Waals surface area contributed by atoms with Crippen molar-refractivity contribution in [2.24, 2.45) is 0 Å². The Labute approximate surface area is 83.9 Å². The fraction of sp³-hybridized carbons (Fsp3) is 0.667. The van der Waals surface area contributed by atoms with Gasteiger partial charge in [-0.25, -0.2) is 0 Å². The smallest absolute Gasteiger partial charge is 0.0167 e. The van der Waals surface area contributed by atoms with Gasteiger partial charge in [-0.1, -0.05) is 37.1 Å². The molecule has 0 aromatic carbocycles. The first-order valence-corrected chi connectivity index (χ1v) is 5.13. The van der Waals surface area contributed by atoms with Gasteiger partial charge in [0.2, 0.25) is 0 Å². The molecule has 0 rings (SSSR count). The van der Waals surface area contributed by atoms with Crippen molar-refractivity contribution in [3.8, 4) is 0 Å². The molecule has 0 saturated heterocycles. The summed E-state index contributed by atoms with van der Waals surface area (Å²) in [5.41, 5.74) is 1.46. The Morgan fingerprint density at radius 2 is 1.77 bits per heavy atom. The highest BCUT2D eigenvalue weighted by molar-refractivity contribution is 5.16. The molecule has 0 aromatic rings. The van der Waals surface area contributed by atoms with Crippen LogP contribution in [0.3, 0.4) is 0 Å². The van der Waals surface area contributed by atoms with Crippen LogP contribution >= 0.6 is 0 Å². The Bertz CT molecular complexity index is 134. The minimum absolute atomic E-state index is 1.23. The number of hydrogen-bond acceptors (Lipinski definition) is 1. The van der Waals surface area contributed by atoms with Crippen LogP contribution in [-0.2, 0) is 0 Å². The minimum atomic E-state index is 1.23. The van der Waals surface area contributed by atoms with Gasteiger partial charge in [0.15, 0.2) is 0 Å². The van der Waals surface area contributed by atoms with Crippen molar-refractivity contribution in [3.05, 3.63) is 23.8 Å². The number of allylic oxidation sites excluding steroid dienone is 4. The molecule has 0 fully saturated rings. The molecule has 0 aliphatic heterocycles. The molecule has 0 saturated carbocycles. The molecule has 0 unspecified atom stereocenters. The summed E-state index contributed by atoms with van der Waals surface area (Å²) in [6.45, 7) is 6.39. The molecule has 13 heavy (non-hydrogen) atoms. The summed E-state index contributed by atoms with van der Waals surface area (Å²) in [6.07, 6.45) is 10.3. The molecule has 78 valence electrons. The first kappa shape index (κ1) is 14.9. The molecule has 0 bridgehead atoms. The lowest BCUT2D eigenvalue weighted by atomic mass is 10.1. The van der Waals surface area contributed by atoms with Gasteiger partial charge in [-0.05, 0) is 40.8 Å². The zero-order valence-corrected chi connectivity index (χ0v) is 9.85. The van der Waals surface area contributed by atoms with Gasteiger partial charge in [-0.15, -0.1) is 0 Å². The molecular formula is C12H25N. The molecule has 1 heteroatoms. The molecular weight excluding hydrogens is 158 g/mol. The van der Waals surface area contributed by atoms with Crippen molar-refractivity contribution in [1.82, 2.24) is 5.32 Å². The van der Waals surface area contributed by atoms with E-state index >= 15 is 0 Å². The third kappa shape index (κ3) is 14.3. The molecule has 0 amide bonds. The van der Waals surface area contributed by atoms with E-state index < -0.39 is 0 Å². The highest BCUT2D eigenvalue weighted by Gasteiger charge is 1.87. The molecule has 0 aliphatic carbocycles. The Balaban J connectivity index is 0. The van der Waals surface area contributed by atoms with Gasteiger partial charge < -0.3 is 5.32 Å². The lowest BCUT2D eigenvalue weighted by Gasteiger charge is -1.97. The summed E-state index contributed by atoms with van der Waals surface area (Å²) in [6, 6.07) is 0. The Kier molecular flexibility index (Phi) is 16.1. The topological polar surface area (TPSA) is 12.0 Å². The zero-order chi connectivity index (χ0) is 10.5. The van der Waals surface area contributed by atoms with Crippen LogP contribution in [-0.4, -0.2) is 14.1 Å². The maximum absolute atomic E-state index is 2.75. The van der Waals surface area contributed by atoms with Crippen LogP contribution in [0.25, 0.3) is 0 Å². The summed E-state index contributed by atoms with van der Waals surface area (Å²) in [5.74, 6) is 0. The fourth-order valence-electron chi connectivity index (χ4n) is 0.919. The number of rotatable bonds is 4. The van der Waals surface area contributed by atoms with Gasteiger partial charge in [0, 0.05) is 0 Å². The van der Waals surface area contributed by atoms with E-state index in [-0.39, 0.29) is 0 Å². The van der Waals surface area contributed by atoms with Crippen molar-refractivity contribution in [3.63, 3.8) is 0 Å². The summed E-state index contributed by atoms with van der Waals surface area (Å²) >= 11 is 0. The van der Waals surface area contributed by atoms with Crippen LogP contribution in [0, 0.1) is 0 Å². The van der Waals surface area contributed by atoms with Gasteiger partial charge in [0.25, 0.3) is 0 Å². The summed E-state index contributed by atoms with van der Waals surface area (Å²) in [4.78, 5) is 0. The Morgan fingerprint density at radius 3 is 2.08 bits per heavy atom. The first-order valence-electron chi connectivity index (χ1n) is 5.13. The van der Waals surface area contributed by atoms with E-state index in [1.807, 2.05) is 14.1 Å². The molecule has 0 heterocycles. The lowest BCUT2D eigenvalue weighted by molar-refractivity contribution is 0.797. The Hall–Kier alpha value is -0.560. The quantitative estimate of drug-likeness (QED) is 0.657. The molecule has 1 N–H and O–H groups in total. The summed E-state index contributed by atoms with van der Waals surface area (Å²) < 4.78 is 0. The van der Waals surface area contributed by atoms with Crippen molar-refractivity contribution < 1.29 is 0 Å². The molecule has 0 aliphatic rings. The van der Waals surface area contributed by atoms with Gasteiger partial charge in [0.05, 0.1) is 0 Å². The van der Waals surface area contributed by atoms with Gasteiger partial charge in [-0.3, -0.25) is 0 Å². The normalized spacial score (nSPS) is 11.3. The van der Waals surface area contributed by atoms with Crippen molar-refractivity contribution in [2.75, 3.05) is 14.1 Å². The van der Waals surface area contributed by atoms with E-state index in [1.54, 1.807) is 0 Å². The maximum atomic E-state index is 2.75. The third-order valence-corrected chi connectivity index (χ3v) is 1.57. The maximum Gasteiger partial charge on any atom is -0.0167 e. The van der Waals surface area contributed by atoms with E-state index in [2.05, 4.69) is 44.3 Å². The molecule has 0 spiro atoms. The van der Waals surface area contributed by atoms with E-state index in [0.29, 0.717) is 0 Å². The molecule has 0 radical (unpaired) electrons. The minimum Gasteiger partial charge on any atom is -0.323 e. The van der Waals surface area contributed by atoms with E-state index in [0.717, 1.165) is 0 Å².